The van der Waals surface area contributed by atoms with Crippen LogP contribution in [-0.4, -0.2) is 28.6 Å². The lowest BCUT2D eigenvalue weighted by atomic mass is 9.92. The molecule has 1 saturated heterocycles. The van der Waals surface area contributed by atoms with E-state index in [0.29, 0.717) is 6.04 Å². The molecule has 3 rings (SSSR count). The first-order valence-electron chi connectivity index (χ1n) is 6.13. The molecular formula is C13H19NOS. The van der Waals surface area contributed by atoms with E-state index < -0.39 is 5.60 Å². The summed E-state index contributed by atoms with van der Waals surface area (Å²) in [6, 6.07) is 3.38. The molecule has 0 aromatic carbocycles. The number of hydrogen-bond acceptors (Lipinski definition) is 3. The van der Waals surface area contributed by atoms with E-state index >= 15 is 0 Å². The van der Waals surface area contributed by atoms with Gasteiger partial charge in [-0.05, 0) is 50.1 Å². The Bertz CT molecular complexity index is 398. The van der Waals surface area contributed by atoms with Crippen molar-refractivity contribution in [2.75, 3.05) is 6.54 Å². The van der Waals surface area contributed by atoms with Crippen LogP contribution >= 0.6 is 11.3 Å². The maximum absolute atomic E-state index is 10.8. The summed E-state index contributed by atoms with van der Waals surface area (Å²) in [6.07, 6.45) is 3.53. The summed E-state index contributed by atoms with van der Waals surface area (Å²) in [5.74, 6) is 0. The summed E-state index contributed by atoms with van der Waals surface area (Å²) in [5, 5.41) is 12.9. The summed E-state index contributed by atoms with van der Waals surface area (Å²) in [6.45, 7) is 5.19. The molecule has 1 aliphatic heterocycles. The van der Waals surface area contributed by atoms with E-state index in [2.05, 4.69) is 30.2 Å². The van der Waals surface area contributed by atoms with Gasteiger partial charge in [0.2, 0.25) is 0 Å². The Kier molecular flexibility index (Phi) is 2.39. The predicted octanol–water partition coefficient (Wildman–Crippen LogP) is 2.50. The number of thiophene rings is 1. The van der Waals surface area contributed by atoms with Crippen LogP contribution in [0.2, 0.25) is 0 Å². The summed E-state index contributed by atoms with van der Waals surface area (Å²) in [7, 11) is 0. The third kappa shape index (κ3) is 1.62. The van der Waals surface area contributed by atoms with Gasteiger partial charge in [-0.25, -0.2) is 0 Å². The molecule has 3 heteroatoms. The highest BCUT2D eigenvalue weighted by Crippen LogP contribution is 2.43. The van der Waals surface area contributed by atoms with Gasteiger partial charge in [0.25, 0.3) is 0 Å². The summed E-state index contributed by atoms with van der Waals surface area (Å²) < 4.78 is 0. The molecule has 1 aromatic heterocycles. The van der Waals surface area contributed by atoms with Crippen molar-refractivity contribution in [2.45, 2.75) is 50.8 Å². The molecule has 2 atom stereocenters. The Labute approximate surface area is 101 Å². The van der Waals surface area contributed by atoms with Gasteiger partial charge in [0, 0.05) is 23.5 Å². The number of hydrogen-bond donors (Lipinski definition) is 1. The third-order valence-corrected chi connectivity index (χ3v) is 4.87. The quantitative estimate of drug-likeness (QED) is 0.854. The van der Waals surface area contributed by atoms with Crippen molar-refractivity contribution < 1.29 is 5.11 Å². The van der Waals surface area contributed by atoms with E-state index in [0.717, 1.165) is 24.6 Å². The number of aryl methyl sites for hydroxylation is 1. The van der Waals surface area contributed by atoms with Crippen LogP contribution in [0.25, 0.3) is 0 Å². The Morgan fingerprint density at radius 1 is 1.50 bits per heavy atom. The van der Waals surface area contributed by atoms with Gasteiger partial charge in [-0.3, -0.25) is 4.90 Å². The van der Waals surface area contributed by atoms with Gasteiger partial charge in [0.15, 0.2) is 0 Å². The van der Waals surface area contributed by atoms with Crippen LogP contribution in [0.15, 0.2) is 11.4 Å². The molecule has 0 bridgehead atoms. The monoisotopic (exact) mass is 237 g/mol. The highest BCUT2D eigenvalue weighted by molar-refractivity contribution is 7.10. The molecule has 2 fully saturated rings. The van der Waals surface area contributed by atoms with Crippen molar-refractivity contribution in [3.05, 3.63) is 21.9 Å². The lowest BCUT2D eigenvalue weighted by Crippen LogP contribution is -2.33. The summed E-state index contributed by atoms with van der Waals surface area (Å²) in [5.41, 5.74) is 0.569. The van der Waals surface area contributed by atoms with Crippen LogP contribution in [-0.2, 0) is 5.60 Å². The standard InChI is InChI=1S/C13H19NOS/c1-9-7-13(15,8-14(9)11-3-4-11)12-5-6-16-10(12)2/h5-6,9,11,15H,3-4,7-8H2,1-2H3. The topological polar surface area (TPSA) is 23.5 Å². The van der Waals surface area contributed by atoms with Gasteiger partial charge in [-0.15, -0.1) is 11.3 Å². The SMILES string of the molecule is Cc1sccc1C1(O)CC(C)N(C2CC2)C1. The van der Waals surface area contributed by atoms with Crippen molar-refractivity contribution in [3.8, 4) is 0 Å². The second kappa shape index (κ2) is 3.56. The average Bonchev–Trinajstić information content (AvgIpc) is 2.89. The van der Waals surface area contributed by atoms with Gasteiger partial charge in [-0.2, -0.15) is 0 Å². The number of β-amino-alcohol motifs (C(OH)–C–C–N with tert-alkyl or cyclic N) is 1. The Balaban J connectivity index is 1.87. The van der Waals surface area contributed by atoms with Gasteiger partial charge in [-0.1, -0.05) is 0 Å². The molecule has 1 N–H and O–H groups in total. The number of nitrogens with zero attached hydrogens (tertiary/aromatic N) is 1. The minimum Gasteiger partial charge on any atom is -0.384 e. The fourth-order valence-corrected chi connectivity index (χ4v) is 3.88. The smallest absolute Gasteiger partial charge is 0.105 e. The van der Waals surface area contributed by atoms with E-state index in [1.54, 1.807) is 11.3 Å². The molecule has 2 nitrogen and oxygen atoms in total. The Hall–Kier alpha value is -0.380. The zero-order chi connectivity index (χ0) is 11.3. The van der Waals surface area contributed by atoms with Crippen LogP contribution in [0.3, 0.4) is 0 Å². The van der Waals surface area contributed by atoms with E-state index in [9.17, 15) is 5.11 Å². The van der Waals surface area contributed by atoms with Crippen molar-refractivity contribution in [1.82, 2.24) is 4.90 Å². The van der Waals surface area contributed by atoms with Crippen LogP contribution < -0.4 is 0 Å². The molecule has 2 unspecified atom stereocenters. The van der Waals surface area contributed by atoms with Crippen LogP contribution in [0, 0.1) is 6.92 Å². The van der Waals surface area contributed by atoms with Gasteiger partial charge in [0.05, 0.1) is 0 Å². The van der Waals surface area contributed by atoms with Crippen molar-refractivity contribution in [1.29, 1.82) is 0 Å². The van der Waals surface area contributed by atoms with E-state index in [4.69, 9.17) is 0 Å². The van der Waals surface area contributed by atoms with E-state index in [1.807, 2.05) is 0 Å². The predicted molar refractivity (Wildman–Crippen MR) is 66.8 cm³/mol. The molecule has 0 spiro atoms. The lowest BCUT2D eigenvalue weighted by Gasteiger charge is -2.24. The highest BCUT2D eigenvalue weighted by Gasteiger charge is 2.47. The zero-order valence-electron chi connectivity index (χ0n) is 9.94. The third-order valence-electron chi connectivity index (χ3n) is 4.02. The molecule has 2 aliphatic rings. The molecule has 0 radical (unpaired) electrons. The number of aliphatic hydroxyl groups is 1. The molecular weight excluding hydrogens is 218 g/mol. The van der Waals surface area contributed by atoms with E-state index in [1.165, 1.54) is 17.7 Å². The molecule has 88 valence electrons. The second-order valence-corrected chi connectivity index (χ2v) is 6.50. The second-order valence-electron chi connectivity index (χ2n) is 5.38. The van der Waals surface area contributed by atoms with Crippen LogP contribution in [0.4, 0.5) is 0 Å². The van der Waals surface area contributed by atoms with Crippen LogP contribution in [0.5, 0.6) is 0 Å². The van der Waals surface area contributed by atoms with Gasteiger partial charge < -0.3 is 5.11 Å². The Morgan fingerprint density at radius 3 is 2.81 bits per heavy atom. The number of likely N-dealkylation sites (tertiary alicyclic amines) is 1. The summed E-state index contributed by atoms with van der Waals surface area (Å²) >= 11 is 1.74. The van der Waals surface area contributed by atoms with Crippen molar-refractivity contribution >= 4 is 11.3 Å². The number of rotatable bonds is 2. The first-order valence-corrected chi connectivity index (χ1v) is 7.01. The minimum absolute atomic E-state index is 0.525. The summed E-state index contributed by atoms with van der Waals surface area (Å²) in [4.78, 5) is 3.77. The maximum Gasteiger partial charge on any atom is 0.105 e. The molecule has 16 heavy (non-hydrogen) atoms. The molecule has 0 amide bonds. The van der Waals surface area contributed by atoms with Crippen molar-refractivity contribution in [2.24, 2.45) is 0 Å². The maximum atomic E-state index is 10.8. The fourth-order valence-electron chi connectivity index (χ4n) is 3.09. The molecule has 1 aromatic rings. The molecule has 1 aliphatic carbocycles. The highest BCUT2D eigenvalue weighted by atomic mass is 32.1. The Morgan fingerprint density at radius 2 is 2.25 bits per heavy atom. The first kappa shape index (κ1) is 10.8. The van der Waals surface area contributed by atoms with Gasteiger partial charge >= 0.3 is 0 Å². The first-order chi connectivity index (χ1) is 7.60. The van der Waals surface area contributed by atoms with Crippen LogP contribution in [0.1, 0.15) is 36.6 Å². The molecule has 2 heterocycles. The molecule has 1 saturated carbocycles. The lowest BCUT2D eigenvalue weighted by molar-refractivity contribution is 0.0450. The largest absolute Gasteiger partial charge is 0.384 e. The normalized spacial score (nSPS) is 35.8. The average molecular weight is 237 g/mol. The van der Waals surface area contributed by atoms with Gasteiger partial charge in [0.1, 0.15) is 5.60 Å². The minimum atomic E-state index is -0.591. The van der Waals surface area contributed by atoms with Crippen molar-refractivity contribution in [3.63, 3.8) is 0 Å². The van der Waals surface area contributed by atoms with E-state index in [-0.39, 0.29) is 0 Å². The fraction of sp³-hybridized carbons (Fsp3) is 0.692. The zero-order valence-corrected chi connectivity index (χ0v) is 10.8.